The largest absolute Gasteiger partial charge is 0.504 e. The fraction of sp³-hybridized carbons (Fsp3) is 0.579. The predicted molar refractivity (Wildman–Crippen MR) is 92.8 cm³/mol. The Hall–Kier alpha value is -1.52. The first-order chi connectivity index (χ1) is 11.0. The van der Waals surface area contributed by atoms with Crippen molar-refractivity contribution in [3.8, 4) is 11.5 Å². The highest BCUT2D eigenvalue weighted by Crippen LogP contribution is 2.36. The second-order valence-corrected chi connectivity index (χ2v) is 6.82. The normalized spacial score (nSPS) is 24.4. The molecule has 2 unspecified atom stereocenters. The summed E-state index contributed by atoms with van der Waals surface area (Å²) in [5, 5.41) is 23.8. The minimum atomic E-state index is -0.227. The molecule has 0 aromatic heterocycles. The number of aromatic hydroxyl groups is 1. The molecule has 4 nitrogen and oxygen atoms in total. The van der Waals surface area contributed by atoms with Gasteiger partial charge in [-0.2, -0.15) is 0 Å². The third-order valence-corrected chi connectivity index (χ3v) is 4.94. The number of ether oxygens (including phenoxy) is 1. The van der Waals surface area contributed by atoms with Crippen molar-refractivity contribution in [3.05, 3.63) is 35.9 Å². The third-order valence-electron chi connectivity index (χ3n) is 4.94. The third kappa shape index (κ3) is 4.27. The van der Waals surface area contributed by atoms with Crippen LogP contribution in [0, 0.1) is 5.41 Å². The number of allylic oxidation sites excluding steroid dienone is 1. The van der Waals surface area contributed by atoms with Crippen LogP contribution in [0.5, 0.6) is 11.5 Å². The number of aliphatic hydroxyl groups is 1. The van der Waals surface area contributed by atoms with Crippen molar-refractivity contribution in [3.63, 3.8) is 0 Å². The van der Waals surface area contributed by atoms with E-state index in [1.807, 2.05) is 12.1 Å². The van der Waals surface area contributed by atoms with Gasteiger partial charge >= 0.3 is 0 Å². The summed E-state index contributed by atoms with van der Waals surface area (Å²) in [5.41, 5.74) is 1.83. The van der Waals surface area contributed by atoms with Gasteiger partial charge in [0, 0.05) is 24.1 Å². The zero-order chi connectivity index (χ0) is 16.9. The molecule has 2 atom stereocenters. The van der Waals surface area contributed by atoms with Crippen LogP contribution in [-0.2, 0) is 13.0 Å². The Morgan fingerprint density at radius 3 is 2.87 bits per heavy atom. The van der Waals surface area contributed by atoms with Crippen LogP contribution in [0.15, 0.2) is 24.8 Å². The van der Waals surface area contributed by atoms with Crippen molar-refractivity contribution in [1.82, 2.24) is 5.32 Å². The van der Waals surface area contributed by atoms with Crippen molar-refractivity contribution < 1.29 is 14.9 Å². The fourth-order valence-corrected chi connectivity index (χ4v) is 3.38. The number of hydrogen-bond donors (Lipinski definition) is 3. The van der Waals surface area contributed by atoms with Crippen LogP contribution >= 0.6 is 0 Å². The van der Waals surface area contributed by atoms with E-state index in [1.54, 1.807) is 13.2 Å². The SMILES string of the molecule is C=CCc1cc(CNCC2(C)CCCCC2O)cc(OC)c1O. The van der Waals surface area contributed by atoms with E-state index in [1.165, 1.54) is 6.42 Å². The maximum atomic E-state index is 10.3. The summed E-state index contributed by atoms with van der Waals surface area (Å²) in [7, 11) is 1.56. The van der Waals surface area contributed by atoms with E-state index in [2.05, 4.69) is 18.8 Å². The molecule has 4 heteroatoms. The molecule has 0 radical (unpaired) electrons. The maximum Gasteiger partial charge on any atom is 0.161 e. The van der Waals surface area contributed by atoms with Crippen molar-refractivity contribution in [2.24, 2.45) is 5.41 Å². The van der Waals surface area contributed by atoms with E-state index < -0.39 is 0 Å². The van der Waals surface area contributed by atoms with Gasteiger partial charge in [0.2, 0.25) is 0 Å². The Kier molecular flexibility index (Phi) is 6.08. The first kappa shape index (κ1) is 17.8. The predicted octanol–water partition coefficient (Wildman–Crippen LogP) is 3.16. The smallest absolute Gasteiger partial charge is 0.161 e. The molecule has 1 fully saturated rings. The number of phenols is 1. The molecule has 0 heterocycles. The Morgan fingerprint density at radius 1 is 1.43 bits per heavy atom. The van der Waals surface area contributed by atoms with Crippen LogP contribution in [0.2, 0.25) is 0 Å². The zero-order valence-electron chi connectivity index (χ0n) is 14.3. The first-order valence-corrected chi connectivity index (χ1v) is 8.38. The molecule has 0 saturated heterocycles. The Morgan fingerprint density at radius 2 is 2.22 bits per heavy atom. The molecule has 128 valence electrons. The molecule has 2 rings (SSSR count). The van der Waals surface area contributed by atoms with Gasteiger partial charge < -0.3 is 20.3 Å². The van der Waals surface area contributed by atoms with Crippen LogP contribution in [0.25, 0.3) is 0 Å². The molecule has 23 heavy (non-hydrogen) atoms. The summed E-state index contributed by atoms with van der Waals surface area (Å²) in [6.07, 6.45) is 6.41. The highest BCUT2D eigenvalue weighted by molar-refractivity contribution is 5.49. The molecule has 0 spiro atoms. The van der Waals surface area contributed by atoms with Gasteiger partial charge in [0.15, 0.2) is 11.5 Å². The van der Waals surface area contributed by atoms with Gasteiger partial charge in [-0.15, -0.1) is 6.58 Å². The van der Waals surface area contributed by atoms with Crippen molar-refractivity contribution >= 4 is 0 Å². The van der Waals surface area contributed by atoms with E-state index in [0.29, 0.717) is 18.7 Å². The van der Waals surface area contributed by atoms with Crippen LogP contribution in [0.3, 0.4) is 0 Å². The van der Waals surface area contributed by atoms with Crippen LogP contribution in [-0.4, -0.2) is 30.0 Å². The zero-order valence-corrected chi connectivity index (χ0v) is 14.3. The highest BCUT2D eigenvalue weighted by atomic mass is 16.5. The average Bonchev–Trinajstić information content (AvgIpc) is 2.53. The van der Waals surface area contributed by atoms with Gasteiger partial charge in [0.05, 0.1) is 13.2 Å². The number of nitrogens with one attached hydrogen (secondary N) is 1. The lowest BCUT2D eigenvalue weighted by Gasteiger charge is -2.38. The van der Waals surface area contributed by atoms with Gasteiger partial charge in [-0.25, -0.2) is 0 Å². The molecule has 0 bridgehead atoms. The number of benzene rings is 1. The van der Waals surface area contributed by atoms with Gasteiger partial charge in [-0.1, -0.05) is 31.9 Å². The van der Waals surface area contributed by atoms with Crippen LogP contribution < -0.4 is 10.1 Å². The molecular weight excluding hydrogens is 290 g/mol. The fourth-order valence-electron chi connectivity index (χ4n) is 3.38. The van der Waals surface area contributed by atoms with Crippen molar-refractivity contribution in [2.45, 2.75) is 51.7 Å². The van der Waals surface area contributed by atoms with E-state index in [4.69, 9.17) is 4.74 Å². The number of phenolic OH excluding ortho intramolecular Hbond substituents is 1. The Balaban J connectivity index is 2.02. The number of rotatable bonds is 7. The summed E-state index contributed by atoms with van der Waals surface area (Å²) in [6, 6.07) is 3.83. The standard InChI is InChI=1S/C19H29NO3/c1-4-7-15-10-14(11-16(23-3)18(15)22)12-20-13-19(2)9-6-5-8-17(19)21/h4,10-11,17,20-22H,1,5-9,12-13H2,2-3H3. The summed E-state index contributed by atoms with van der Waals surface area (Å²) in [5.74, 6) is 0.677. The molecule has 3 N–H and O–H groups in total. The van der Waals surface area contributed by atoms with Gasteiger partial charge in [0.25, 0.3) is 0 Å². The van der Waals surface area contributed by atoms with E-state index >= 15 is 0 Å². The lowest BCUT2D eigenvalue weighted by Crippen LogP contribution is -2.43. The average molecular weight is 319 g/mol. The number of aliphatic hydroxyl groups excluding tert-OH is 1. The summed E-state index contributed by atoms with van der Waals surface area (Å²) >= 11 is 0. The topological polar surface area (TPSA) is 61.7 Å². The molecular formula is C19H29NO3. The van der Waals surface area contributed by atoms with E-state index in [9.17, 15) is 10.2 Å². The minimum absolute atomic E-state index is 0.0524. The summed E-state index contributed by atoms with van der Waals surface area (Å²) in [4.78, 5) is 0. The Bertz CT molecular complexity index is 544. The molecule has 0 aliphatic heterocycles. The molecule has 1 aliphatic rings. The monoisotopic (exact) mass is 319 g/mol. The molecule has 0 amide bonds. The minimum Gasteiger partial charge on any atom is -0.504 e. The van der Waals surface area contributed by atoms with Gasteiger partial charge in [-0.05, 0) is 30.9 Å². The first-order valence-electron chi connectivity index (χ1n) is 8.38. The lowest BCUT2D eigenvalue weighted by atomic mass is 9.73. The second-order valence-electron chi connectivity index (χ2n) is 6.82. The summed E-state index contributed by atoms with van der Waals surface area (Å²) < 4.78 is 5.25. The van der Waals surface area contributed by atoms with Crippen LogP contribution in [0.4, 0.5) is 0 Å². The van der Waals surface area contributed by atoms with E-state index in [-0.39, 0.29) is 17.3 Å². The van der Waals surface area contributed by atoms with E-state index in [0.717, 1.165) is 36.9 Å². The summed E-state index contributed by atoms with van der Waals surface area (Å²) in [6.45, 7) is 7.35. The molecule has 1 aromatic rings. The van der Waals surface area contributed by atoms with Crippen molar-refractivity contribution in [2.75, 3.05) is 13.7 Å². The van der Waals surface area contributed by atoms with Crippen LogP contribution in [0.1, 0.15) is 43.7 Å². The molecule has 1 aliphatic carbocycles. The number of hydrogen-bond acceptors (Lipinski definition) is 4. The Labute approximate surface area is 139 Å². The van der Waals surface area contributed by atoms with Gasteiger partial charge in [-0.3, -0.25) is 0 Å². The number of methoxy groups -OCH3 is 1. The molecule has 1 saturated carbocycles. The lowest BCUT2D eigenvalue weighted by molar-refractivity contribution is 0.00115. The van der Waals surface area contributed by atoms with Crippen molar-refractivity contribution in [1.29, 1.82) is 0 Å². The highest BCUT2D eigenvalue weighted by Gasteiger charge is 2.34. The molecule has 1 aromatic carbocycles. The maximum absolute atomic E-state index is 10.3. The second kappa shape index (κ2) is 7.84. The van der Waals surface area contributed by atoms with Gasteiger partial charge in [0.1, 0.15) is 0 Å². The quantitative estimate of drug-likeness (QED) is 0.676.